The highest BCUT2D eigenvalue weighted by Gasteiger charge is 2.51. The molecule has 2 rings (SSSR count). The zero-order valence-electron chi connectivity index (χ0n) is 10.4. The summed E-state index contributed by atoms with van der Waals surface area (Å²) in [6, 6.07) is 0.220. The van der Waals surface area contributed by atoms with Crippen LogP contribution in [0.4, 0.5) is 4.79 Å². The van der Waals surface area contributed by atoms with Crippen molar-refractivity contribution < 1.29 is 9.90 Å². The van der Waals surface area contributed by atoms with Gasteiger partial charge in [0.15, 0.2) is 0 Å². The second-order valence-electron chi connectivity index (χ2n) is 6.31. The van der Waals surface area contributed by atoms with Crippen molar-refractivity contribution in [2.45, 2.75) is 51.6 Å². The molecule has 4 nitrogen and oxygen atoms in total. The molecule has 1 aliphatic carbocycles. The summed E-state index contributed by atoms with van der Waals surface area (Å²) in [6.07, 6.45) is 2.49. The summed E-state index contributed by atoms with van der Waals surface area (Å²) in [6.45, 7) is 8.08. The maximum Gasteiger partial charge on any atom is 0.407 e. The van der Waals surface area contributed by atoms with Crippen molar-refractivity contribution in [2.75, 3.05) is 13.1 Å². The summed E-state index contributed by atoms with van der Waals surface area (Å²) in [5, 5.41) is 12.7. The van der Waals surface area contributed by atoms with Gasteiger partial charge in [0.2, 0.25) is 0 Å². The molecule has 2 N–H and O–H groups in total. The smallest absolute Gasteiger partial charge is 0.407 e. The van der Waals surface area contributed by atoms with E-state index >= 15 is 0 Å². The maximum atomic E-state index is 11.3. The lowest BCUT2D eigenvalue weighted by Crippen LogP contribution is -2.59. The van der Waals surface area contributed by atoms with Crippen molar-refractivity contribution in [1.82, 2.24) is 10.2 Å². The lowest BCUT2D eigenvalue weighted by Gasteiger charge is -2.52. The lowest BCUT2D eigenvalue weighted by atomic mass is 9.64. The van der Waals surface area contributed by atoms with E-state index < -0.39 is 6.09 Å². The molecule has 0 atom stereocenters. The highest BCUT2D eigenvalue weighted by molar-refractivity contribution is 5.66. The van der Waals surface area contributed by atoms with Crippen LogP contribution < -0.4 is 5.32 Å². The van der Waals surface area contributed by atoms with E-state index in [9.17, 15) is 9.90 Å². The molecule has 1 saturated carbocycles. The van der Waals surface area contributed by atoms with E-state index in [0.717, 1.165) is 25.9 Å². The number of amides is 1. The topological polar surface area (TPSA) is 52.6 Å². The molecule has 2 aliphatic rings. The Morgan fingerprint density at radius 1 is 1.44 bits per heavy atom. The first-order valence-corrected chi connectivity index (χ1v) is 6.07. The molecule has 1 heterocycles. The van der Waals surface area contributed by atoms with Crippen LogP contribution in [0.1, 0.15) is 40.0 Å². The fourth-order valence-electron chi connectivity index (χ4n) is 3.26. The first kappa shape index (κ1) is 11.7. The monoisotopic (exact) mass is 226 g/mol. The summed E-state index contributed by atoms with van der Waals surface area (Å²) in [5.74, 6) is 0. The number of carbonyl (C=O) groups is 1. The predicted molar refractivity (Wildman–Crippen MR) is 62.6 cm³/mol. The van der Waals surface area contributed by atoms with Gasteiger partial charge in [-0.25, -0.2) is 4.79 Å². The largest absolute Gasteiger partial charge is 0.465 e. The van der Waals surface area contributed by atoms with Crippen LogP contribution in [0.3, 0.4) is 0 Å². The van der Waals surface area contributed by atoms with Crippen LogP contribution in [-0.4, -0.2) is 40.8 Å². The molecule has 0 aromatic rings. The van der Waals surface area contributed by atoms with E-state index in [0.29, 0.717) is 5.41 Å². The van der Waals surface area contributed by atoms with Gasteiger partial charge in [-0.15, -0.1) is 0 Å². The van der Waals surface area contributed by atoms with Gasteiger partial charge < -0.3 is 15.3 Å². The van der Waals surface area contributed by atoms with E-state index in [-0.39, 0.29) is 11.6 Å². The van der Waals surface area contributed by atoms with Crippen LogP contribution in [0.25, 0.3) is 0 Å². The van der Waals surface area contributed by atoms with Gasteiger partial charge in [-0.2, -0.15) is 0 Å². The normalized spacial score (nSPS) is 33.8. The van der Waals surface area contributed by atoms with Crippen molar-refractivity contribution in [2.24, 2.45) is 5.41 Å². The van der Waals surface area contributed by atoms with Crippen molar-refractivity contribution in [3.8, 4) is 0 Å². The Morgan fingerprint density at radius 3 is 2.44 bits per heavy atom. The number of nitrogens with zero attached hydrogens (tertiary/aromatic N) is 1. The molecule has 2 fully saturated rings. The molecule has 1 amide bonds. The first-order chi connectivity index (χ1) is 7.34. The average Bonchev–Trinajstić information content (AvgIpc) is 2.48. The maximum absolute atomic E-state index is 11.3. The minimum atomic E-state index is -0.779. The van der Waals surface area contributed by atoms with Crippen molar-refractivity contribution in [3.63, 3.8) is 0 Å². The van der Waals surface area contributed by atoms with E-state index in [2.05, 4.69) is 5.32 Å². The second-order valence-corrected chi connectivity index (χ2v) is 6.31. The SMILES string of the molecule is CC(C)(C)N(C(=O)O)C1CC2(CCNC2)C1. The molecule has 0 aromatic heterocycles. The molecular weight excluding hydrogens is 204 g/mol. The Balaban J connectivity index is 2.00. The van der Waals surface area contributed by atoms with Crippen molar-refractivity contribution in [3.05, 3.63) is 0 Å². The molecule has 92 valence electrons. The third kappa shape index (κ3) is 1.90. The van der Waals surface area contributed by atoms with Gasteiger partial charge in [0.1, 0.15) is 0 Å². The van der Waals surface area contributed by atoms with Gasteiger partial charge in [-0.05, 0) is 52.0 Å². The van der Waals surface area contributed by atoms with Gasteiger partial charge in [0, 0.05) is 18.1 Å². The molecule has 0 radical (unpaired) electrons. The zero-order chi connectivity index (χ0) is 12.0. The third-order valence-corrected chi connectivity index (χ3v) is 3.96. The summed E-state index contributed by atoms with van der Waals surface area (Å²) >= 11 is 0. The molecule has 1 aliphatic heterocycles. The fraction of sp³-hybridized carbons (Fsp3) is 0.917. The molecule has 1 saturated heterocycles. The molecule has 1 spiro atoms. The first-order valence-electron chi connectivity index (χ1n) is 6.07. The van der Waals surface area contributed by atoms with E-state index in [4.69, 9.17) is 0 Å². The molecular formula is C12H22N2O2. The molecule has 0 aromatic carbocycles. The van der Waals surface area contributed by atoms with Crippen molar-refractivity contribution >= 4 is 6.09 Å². The highest BCUT2D eigenvalue weighted by Crippen LogP contribution is 2.49. The number of hydrogen-bond acceptors (Lipinski definition) is 2. The minimum absolute atomic E-state index is 0.220. The van der Waals surface area contributed by atoms with Crippen LogP contribution in [0.15, 0.2) is 0 Å². The van der Waals surface area contributed by atoms with Crippen LogP contribution in [0, 0.1) is 5.41 Å². The van der Waals surface area contributed by atoms with Gasteiger partial charge in [0.05, 0.1) is 0 Å². The Kier molecular flexibility index (Phi) is 2.65. The van der Waals surface area contributed by atoms with Crippen molar-refractivity contribution in [1.29, 1.82) is 0 Å². The molecule has 0 unspecified atom stereocenters. The quantitative estimate of drug-likeness (QED) is 0.718. The molecule has 4 heteroatoms. The second kappa shape index (κ2) is 3.62. The van der Waals surface area contributed by atoms with Gasteiger partial charge in [-0.1, -0.05) is 0 Å². The zero-order valence-corrected chi connectivity index (χ0v) is 10.4. The Labute approximate surface area is 97.0 Å². The third-order valence-electron chi connectivity index (χ3n) is 3.96. The van der Waals surface area contributed by atoms with Crippen LogP contribution >= 0.6 is 0 Å². The Hall–Kier alpha value is -0.770. The van der Waals surface area contributed by atoms with E-state index in [1.54, 1.807) is 4.90 Å². The molecule has 16 heavy (non-hydrogen) atoms. The van der Waals surface area contributed by atoms with E-state index in [1.165, 1.54) is 6.42 Å². The summed E-state index contributed by atoms with van der Waals surface area (Å²) in [5.41, 5.74) is 0.119. The summed E-state index contributed by atoms with van der Waals surface area (Å²) in [7, 11) is 0. The summed E-state index contributed by atoms with van der Waals surface area (Å²) < 4.78 is 0. The summed E-state index contributed by atoms with van der Waals surface area (Å²) in [4.78, 5) is 12.9. The van der Waals surface area contributed by atoms with Crippen LogP contribution in [0.2, 0.25) is 0 Å². The Morgan fingerprint density at radius 2 is 2.06 bits per heavy atom. The number of carboxylic acid groups (broad SMARTS) is 1. The van der Waals surface area contributed by atoms with Crippen LogP contribution in [0.5, 0.6) is 0 Å². The van der Waals surface area contributed by atoms with E-state index in [1.807, 2.05) is 20.8 Å². The van der Waals surface area contributed by atoms with Gasteiger partial charge in [0.25, 0.3) is 0 Å². The predicted octanol–water partition coefficient (Wildman–Crippen LogP) is 1.91. The van der Waals surface area contributed by atoms with Gasteiger partial charge in [-0.3, -0.25) is 0 Å². The van der Waals surface area contributed by atoms with Crippen LogP contribution in [-0.2, 0) is 0 Å². The minimum Gasteiger partial charge on any atom is -0.465 e. The number of nitrogens with one attached hydrogen (secondary N) is 1. The number of rotatable bonds is 1. The average molecular weight is 226 g/mol. The van der Waals surface area contributed by atoms with Gasteiger partial charge >= 0.3 is 6.09 Å². The fourth-order valence-corrected chi connectivity index (χ4v) is 3.26. The Bertz CT molecular complexity index is 282. The molecule has 0 bridgehead atoms. The standard InChI is InChI=1S/C12H22N2O2/c1-11(2,3)14(10(15)16)9-6-12(7-9)4-5-13-8-12/h9,13H,4-8H2,1-3H3,(H,15,16). The number of hydrogen-bond donors (Lipinski definition) is 2. The lowest BCUT2D eigenvalue weighted by molar-refractivity contribution is -0.0196. The highest BCUT2D eigenvalue weighted by atomic mass is 16.4.